The molecule has 0 saturated heterocycles. The topological polar surface area (TPSA) is 72.5 Å². The monoisotopic (exact) mass is 339 g/mol. The Morgan fingerprint density at radius 2 is 1.77 bits per heavy atom. The third-order valence-electron chi connectivity index (χ3n) is 2.96. The first kappa shape index (κ1) is 16.3. The highest BCUT2D eigenvalue weighted by Crippen LogP contribution is 2.26. The molecule has 0 aliphatic heterocycles. The molecule has 0 spiro atoms. The van der Waals surface area contributed by atoms with E-state index in [1.807, 2.05) is 6.92 Å². The molecule has 0 radical (unpaired) electrons. The van der Waals surface area contributed by atoms with Crippen molar-refractivity contribution in [3.05, 3.63) is 58.6 Å². The van der Waals surface area contributed by atoms with Gasteiger partial charge in [-0.25, -0.2) is 13.2 Å². The number of methoxy groups -OCH3 is 1. The summed E-state index contributed by atoms with van der Waals surface area (Å²) in [6.45, 7) is 1.86. The van der Waals surface area contributed by atoms with Gasteiger partial charge in [-0.3, -0.25) is 4.72 Å². The molecule has 7 heteroatoms. The molecule has 2 aromatic carbocycles. The third-order valence-corrected chi connectivity index (χ3v) is 4.67. The summed E-state index contributed by atoms with van der Waals surface area (Å²) in [5.74, 6) is -0.576. The van der Waals surface area contributed by atoms with Crippen molar-refractivity contribution in [1.29, 1.82) is 0 Å². The molecule has 0 bridgehead atoms. The van der Waals surface area contributed by atoms with E-state index in [0.29, 0.717) is 0 Å². The zero-order valence-corrected chi connectivity index (χ0v) is 13.5. The Labute approximate surface area is 133 Å². The normalized spacial score (nSPS) is 11.0. The second kappa shape index (κ2) is 6.37. The lowest BCUT2D eigenvalue weighted by molar-refractivity contribution is 0.0601. The van der Waals surface area contributed by atoms with Gasteiger partial charge in [-0.15, -0.1) is 0 Å². The van der Waals surface area contributed by atoms with Crippen molar-refractivity contribution in [3.8, 4) is 0 Å². The van der Waals surface area contributed by atoms with Crippen LogP contribution in [0.15, 0.2) is 47.4 Å². The lowest BCUT2D eigenvalue weighted by atomic mass is 10.2. The van der Waals surface area contributed by atoms with Crippen LogP contribution >= 0.6 is 11.6 Å². The van der Waals surface area contributed by atoms with Crippen LogP contribution in [-0.4, -0.2) is 21.5 Å². The van der Waals surface area contributed by atoms with Gasteiger partial charge in [0.1, 0.15) is 0 Å². The standard InChI is InChI=1S/C15H14ClNO4S/c1-10-3-6-12(7-4-10)22(19,20)17-14-9-11(15(18)21-2)5-8-13(14)16/h3-9,17H,1-2H3. The molecule has 2 aromatic rings. The molecule has 0 atom stereocenters. The summed E-state index contributed by atoms with van der Waals surface area (Å²) in [5.41, 5.74) is 1.27. The minimum Gasteiger partial charge on any atom is -0.465 e. The van der Waals surface area contributed by atoms with Crippen LogP contribution in [0.5, 0.6) is 0 Å². The van der Waals surface area contributed by atoms with Crippen molar-refractivity contribution in [2.45, 2.75) is 11.8 Å². The summed E-state index contributed by atoms with van der Waals surface area (Å²) in [6, 6.07) is 10.6. The first-order valence-corrected chi connectivity index (χ1v) is 8.17. The highest BCUT2D eigenvalue weighted by molar-refractivity contribution is 7.92. The fourth-order valence-corrected chi connectivity index (χ4v) is 3.06. The maximum absolute atomic E-state index is 12.3. The van der Waals surface area contributed by atoms with Gasteiger partial charge in [-0.2, -0.15) is 0 Å². The minimum atomic E-state index is -3.79. The summed E-state index contributed by atoms with van der Waals surface area (Å²) in [5, 5.41) is 0.184. The van der Waals surface area contributed by atoms with E-state index in [1.54, 1.807) is 12.1 Å². The average molecular weight is 340 g/mol. The van der Waals surface area contributed by atoms with E-state index in [2.05, 4.69) is 9.46 Å². The van der Waals surface area contributed by atoms with Crippen molar-refractivity contribution >= 4 is 33.3 Å². The van der Waals surface area contributed by atoms with Gasteiger partial charge in [-0.1, -0.05) is 29.3 Å². The predicted octanol–water partition coefficient (Wildman–Crippen LogP) is 3.24. The largest absolute Gasteiger partial charge is 0.465 e. The van der Waals surface area contributed by atoms with Gasteiger partial charge in [0.15, 0.2) is 0 Å². The van der Waals surface area contributed by atoms with Crippen LogP contribution in [0.3, 0.4) is 0 Å². The zero-order valence-electron chi connectivity index (χ0n) is 12.0. The average Bonchev–Trinajstić information content (AvgIpc) is 2.49. The number of carbonyl (C=O) groups is 1. The van der Waals surface area contributed by atoms with E-state index in [1.165, 1.54) is 37.4 Å². The van der Waals surface area contributed by atoms with Crippen LogP contribution in [0.2, 0.25) is 5.02 Å². The number of sulfonamides is 1. The molecule has 0 aliphatic carbocycles. The van der Waals surface area contributed by atoms with Crippen LogP contribution in [-0.2, 0) is 14.8 Å². The number of rotatable bonds is 4. The van der Waals surface area contributed by atoms with Gasteiger partial charge in [0.25, 0.3) is 10.0 Å². The molecule has 5 nitrogen and oxygen atoms in total. The number of anilines is 1. The number of benzene rings is 2. The van der Waals surface area contributed by atoms with Crippen molar-refractivity contribution in [1.82, 2.24) is 0 Å². The number of ether oxygens (including phenoxy) is 1. The Morgan fingerprint density at radius 3 is 2.36 bits per heavy atom. The minimum absolute atomic E-state index is 0.109. The molecule has 0 saturated carbocycles. The van der Waals surface area contributed by atoms with Gasteiger partial charge < -0.3 is 4.74 Å². The quantitative estimate of drug-likeness (QED) is 0.868. The third kappa shape index (κ3) is 3.58. The SMILES string of the molecule is COC(=O)c1ccc(Cl)c(NS(=O)(=O)c2ccc(C)cc2)c1. The number of hydrogen-bond acceptors (Lipinski definition) is 4. The van der Waals surface area contributed by atoms with E-state index in [-0.39, 0.29) is 21.2 Å². The summed E-state index contributed by atoms with van der Waals surface area (Å²) < 4.78 is 31.6. The number of esters is 1. The highest BCUT2D eigenvalue weighted by Gasteiger charge is 2.17. The predicted molar refractivity (Wildman–Crippen MR) is 84.8 cm³/mol. The smallest absolute Gasteiger partial charge is 0.337 e. The second-order valence-electron chi connectivity index (χ2n) is 4.60. The molecule has 1 N–H and O–H groups in total. The number of halogens is 1. The first-order chi connectivity index (χ1) is 10.3. The molecule has 0 aromatic heterocycles. The Balaban J connectivity index is 2.37. The van der Waals surface area contributed by atoms with E-state index >= 15 is 0 Å². The van der Waals surface area contributed by atoms with Crippen molar-refractivity contribution in [2.75, 3.05) is 11.8 Å². The number of aryl methyl sites for hydroxylation is 1. The fourth-order valence-electron chi connectivity index (χ4n) is 1.77. The van der Waals surface area contributed by atoms with Gasteiger partial charge >= 0.3 is 5.97 Å². The maximum Gasteiger partial charge on any atom is 0.337 e. The van der Waals surface area contributed by atoms with Gasteiger partial charge in [0, 0.05) is 0 Å². The molecule has 0 heterocycles. The lowest BCUT2D eigenvalue weighted by Crippen LogP contribution is -2.14. The zero-order chi connectivity index (χ0) is 16.3. The van der Waals surface area contributed by atoms with Crippen LogP contribution < -0.4 is 4.72 Å². The van der Waals surface area contributed by atoms with Crippen molar-refractivity contribution in [3.63, 3.8) is 0 Å². The van der Waals surface area contributed by atoms with Gasteiger partial charge in [0.2, 0.25) is 0 Å². The summed E-state index contributed by atoms with van der Waals surface area (Å²) in [6.07, 6.45) is 0. The van der Waals surface area contributed by atoms with E-state index < -0.39 is 16.0 Å². The maximum atomic E-state index is 12.3. The van der Waals surface area contributed by atoms with Crippen LogP contribution in [0.25, 0.3) is 0 Å². The van der Waals surface area contributed by atoms with Crippen LogP contribution in [0, 0.1) is 6.92 Å². The molecular formula is C15H14ClNO4S. The second-order valence-corrected chi connectivity index (χ2v) is 6.69. The van der Waals surface area contributed by atoms with E-state index in [9.17, 15) is 13.2 Å². The molecule has 116 valence electrons. The Kier molecular flexibility index (Phi) is 4.73. The Hall–Kier alpha value is -2.05. The molecule has 2 rings (SSSR count). The van der Waals surface area contributed by atoms with Crippen molar-refractivity contribution in [2.24, 2.45) is 0 Å². The Bertz CT molecular complexity index is 801. The van der Waals surface area contributed by atoms with Gasteiger partial charge in [-0.05, 0) is 37.3 Å². The van der Waals surface area contributed by atoms with Crippen LogP contribution in [0.1, 0.15) is 15.9 Å². The Morgan fingerprint density at radius 1 is 1.14 bits per heavy atom. The summed E-state index contributed by atoms with van der Waals surface area (Å²) in [4.78, 5) is 11.6. The highest BCUT2D eigenvalue weighted by atomic mass is 35.5. The van der Waals surface area contributed by atoms with Gasteiger partial charge in [0.05, 0.1) is 28.3 Å². The molecule has 0 amide bonds. The van der Waals surface area contributed by atoms with Crippen LogP contribution in [0.4, 0.5) is 5.69 Å². The number of hydrogen-bond donors (Lipinski definition) is 1. The fraction of sp³-hybridized carbons (Fsp3) is 0.133. The molecular weight excluding hydrogens is 326 g/mol. The lowest BCUT2D eigenvalue weighted by Gasteiger charge is -2.11. The molecule has 0 aliphatic rings. The van der Waals surface area contributed by atoms with Crippen molar-refractivity contribution < 1.29 is 17.9 Å². The van der Waals surface area contributed by atoms with E-state index in [0.717, 1.165) is 5.56 Å². The number of nitrogens with one attached hydrogen (secondary N) is 1. The summed E-state index contributed by atoms with van der Waals surface area (Å²) in [7, 11) is -2.55. The number of carbonyl (C=O) groups excluding carboxylic acids is 1. The summed E-state index contributed by atoms with van der Waals surface area (Å²) >= 11 is 5.98. The molecule has 22 heavy (non-hydrogen) atoms. The molecule has 0 fully saturated rings. The van der Waals surface area contributed by atoms with E-state index in [4.69, 9.17) is 11.6 Å². The molecule has 0 unspecified atom stereocenters. The first-order valence-electron chi connectivity index (χ1n) is 6.31.